The first-order chi connectivity index (χ1) is 18.9. The zero-order valence-electron chi connectivity index (χ0n) is 25.4. The highest BCUT2D eigenvalue weighted by molar-refractivity contribution is 5.88. The monoisotopic (exact) mass is 525 g/mol. The van der Waals surface area contributed by atoms with Crippen LogP contribution in [0.4, 0.5) is 5.95 Å². The lowest BCUT2D eigenvalue weighted by Gasteiger charge is -2.32. The molecule has 2 aromatic carbocycles. The molecular formula is C34H47N5. The molecule has 1 unspecified atom stereocenters. The topological polar surface area (TPSA) is 58.3 Å². The van der Waals surface area contributed by atoms with Crippen molar-refractivity contribution in [3.05, 3.63) is 113 Å². The SMILES string of the molecule is CC.CC.CCC1=CC(C)N(/C(=C(\N)c2ccc(C)cc2)c2ccnc(N(C)Cc3ccccc3C)n2)C=C1. The zero-order valence-corrected chi connectivity index (χ0v) is 25.4. The third-order valence-corrected chi connectivity index (χ3v) is 6.52. The van der Waals surface area contributed by atoms with E-state index in [0.29, 0.717) is 11.6 Å². The van der Waals surface area contributed by atoms with E-state index in [4.69, 9.17) is 10.7 Å². The smallest absolute Gasteiger partial charge is 0.225 e. The van der Waals surface area contributed by atoms with Crippen LogP contribution in [0.2, 0.25) is 0 Å². The number of allylic oxidation sites excluding steroid dienone is 2. The molecule has 2 heterocycles. The number of aryl methyl sites for hydroxylation is 2. The molecule has 4 rings (SSSR count). The Morgan fingerprint density at radius 1 is 0.974 bits per heavy atom. The Bertz CT molecular complexity index is 1270. The lowest BCUT2D eigenvalue weighted by atomic mass is 10.0. The summed E-state index contributed by atoms with van der Waals surface area (Å²) in [7, 11) is 2.03. The maximum atomic E-state index is 6.86. The van der Waals surface area contributed by atoms with Crippen molar-refractivity contribution in [2.24, 2.45) is 5.73 Å². The summed E-state index contributed by atoms with van der Waals surface area (Å²) in [6.07, 6.45) is 9.39. The minimum atomic E-state index is 0.150. The molecule has 0 bridgehead atoms. The molecule has 0 radical (unpaired) electrons. The van der Waals surface area contributed by atoms with E-state index in [1.165, 1.54) is 22.3 Å². The quantitative estimate of drug-likeness (QED) is 0.337. The first-order valence-electron chi connectivity index (χ1n) is 14.2. The van der Waals surface area contributed by atoms with Crippen molar-refractivity contribution in [2.45, 2.75) is 74.4 Å². The fourth-order valence-corrected chi connectivity index (χ4v) is 4.33. The van der Waals surface area contributed by atoms with Crippen LogP contribution in [0.3, 0.4) is 0 Å². The van der Waals surface area contributed by atoms with Crippen LogP contribution in [0.15, 0.2) is 84.7 Å². The summed E-state index contributed by atoms with van der Waals surface area (Å²) in [6.45, 7) is 17.3. The largest absolute Gasteiger partial charge is 0.396 e. The fourth-order valence-electron chi connectivity index (χ4n) is 4.33. The summed E-state index contributed by atoms with van der Waals surface area (Å²) in [5.41, 5.74) is 15.3. The third-order valence-electron chi connectivity index (χ3n) is 6.52. The molecule has 1 aliphatic heterocycles. The summed E-state index contributed by atoms with van der Waals surface area (Å²) in [5.74, 6) is 0.665. The zero-order chi connectivity index (χ0) is 28.9. The van der Waals surface area contributed by atoms with Crippen molar-refractivity contribution < 1.29 is 0 Å². The molecule has 1 aliphatic rings. The molecule has 0 fully saturated rings. The second-order valence-electron chi connectivity index (χ2n) is 9.21. The van der Waals surface area contributed by atoms with Gasteiger partial charge in [0.25, 0.3) is 0 Å². The van der Waals surface area contributed by atoms with E-state index < -0.39 is 0 Å². The maximum absolute atomic E-state index is 6.86. The lowest BCUT2D eigenvalue weighted by molar-refractivity contribution is 0.464. The standard InChI is InChI=1S/C30H35N5.2C2H6/c1-6-24-16-18-35(23(4)19-24)29(28(31)25-13-11-21(2)12-14-25)27-15-17-32-30(33-27)34(5)20-26-10-8-7-9-22(26)3;2*1-2/h7-19,23H,6,20,31H2,1-5H3;2*1-2H3/b29-28-;;. The number of rotatable bonds is 7. The van der Waals surface area contributed by atoms with Gasteiger partial charge in [-0.25, -0.2) is 9.97 Å². The van der Waals surface area contributed by atoms with Gasteiger partial charge in [-0.2, -0.15) is 0 Å². The van der Waals surface area contributed by atoms with E-state index in [-0.39, 0.29) is 6.04 Å². The third kappa shape index (κ3) is 8.06. The van der Waals surface area contributed by atoms with Gasteiger partial charge in [-0.3, -0.25) is 0 Å². The van der Waals surface area contributed by atoms with E-state index in [1.807, 2.05) is 47.0 Å². The van der Waals surface area contributed by atoms with Crippen molar-refractivity contribution in [2.75, 3.05) is 11.9 Å². The minimum absolute atomic E-state index is 0.150. The highest BCUT2D eigenvalue weighted by Gasteiger charge is 2.23. The molecule has 1 atom stereocenters. The van der Waals surface area contributed by atoms with Crippen LogP contribution in [0.1, 0.15) is 75.9 Å². The minimum Gasteiger partial charge on any atom is -0.396 e. The van der Waals surface area contributed by atoms with Gasteiger partial charge in [0.2, 0.25) is 5.95 Å². The maximum Gasteiger partial charge on any atom is 0.225 e. The van der Waals surface area contributed by atoms with E-state index in [9.17, 15) is 0 Å². The van der Waals surface area contributed by atoms with Gasteiger partial charge in [0.05, 0.1) is 17.1 Å². The predicted molar refractivity (Wildman–Crippen MR) is 169 cm³/mol. The number of anilines is 1. The van der Waals surface area contributed by atoms with Crippen molar-refractivity contribution >= 4 is 17.3 Å². The van der Waals surface area contributed by atoms with E-state index in [0.717, 1.165) is 29.9 Å². The van der Waals surface area contributed by atoms with Crippen LogP contribution in [-0.2, 0) is 6.54 Å². The molecule has 208 valence electrons. The molecule has 3 aromatic rings. The van der Waals surface area contributed by atoms with Crippen LogP contribution in [0.25, 0.3) is 11.4 Å². The van der Waals surface area contributed by atoms with Crippen LogP contribution in [0, 0.1) is 13.8 Å². The Labute approximate surface area is 236 Å². The molecule has 5 heteroatoms. The van der Waals surface area contributed by atoms with Crippen LogP contribution >= 0.6 is 0 Å². The second-order valence-corrected chi connectivity index (χ2v) is 9.21. The second kappa shape index (κ2) is 15.5. The Morgan fingerprint density at radius 2 is 1.64 bits per heavy atom. The summed E-state index contributed by atoms with van der Waals surface area (Å²) >= 11 is 0. The summed E-state index contributed by atoms with van der Waals surface area (Å²) in [5, 5.41) is 0. The van der Waals surface area contributed by atoms with Gasteiger partial charge < -0.3 is 15.5 Å². The van der Waals surface area contributed by atoms with Crippen molar-refractivity contribution in [3.63, 3.8) is 0 Å². The molecule has 1 aromatic heterocycles. The molecule has 0 aliphatic carbocycles. The first-order valence-corrected chi connectivity index (χ1v) is 14.2. The number of aromatic nitrogens is 2. The van der Waals surface area contributed by atoms with E-state index in [1.54, 1.807) is 0 Å². The average molecular weight is 526 g/mol. The fraction of sp³-hybridized carbons (Fsp3) is 0.353. The molecular weight excluding hydrogens is 478 g/mol. The Balaban J connectivity index is 0.00000127. The molecule has 2 N–H and O–H groups in total. The Morgan fingerprint density at radius 3 is 2.26 bits per heavy atom. The highest BCUT2D eigenvalue weighted by atomic mass is 15.2. The number of nitrogens with two attached hydrogens (primary N) is 1. The van der Waals surface area contributed by atoms with Gasteiger partial charge in [-0.1, -0.05) is 94.8 Å². The van der Waals surface area contributed by atoms with Crippen molar-refractivity contribution in [1.29, 1.82) is 0 Å². The van der Waals surface area contributed by atoms with Gasteiger partial charge in [0, 0.05) is 32.0 Å². The summed E-state index contributed by atoms with van der Waals surface area (Å²) in [4.78, 5) is 13.9. The van der Waals surface area contributed by atoms with E-state index in [2.05, 4.69) is 109 Å². The van der Waals surface area contributed by atoms with Gasteiger partial charge in [-0.15, -0.1) is 0 Å². The molecule has 0 saturated carbocycles. The number of hydrogen-bond donors (Lipinski definition) is 1. The Kier molecular flexibility index (Phi) is 12.5. The van der Waals surface area contributed by atoms with Gasteiger partial charge in [-0.05, 0) is 61.6 Å². The van der Waals surface area contributed by atoms with Gasteiger partial charge >= 0.3 is 0 Å². The highest BCUT2D eigenvalue weighted by Crippen LogP contribution is 2.31. The van der Waals surface area contributed by atoms with Crippen LogP contribution in [-0.4, -0.2) is 28.0 Å². The van der Waals surface area contributed by atoms with E-state index >= 15 is 0 Å². The number of hydrogen-bond acceptors (Lipinski definition) is 5. The van der Waals surface area contributed by atoms with Gasteiger partial charge in [0.15, 0.2) is 0 Å². The Hall–Kier alpha value is -3.86. The van der Waals surface area contributed by atoms with Crippen molar-refractivity contribution in [1.82, 2.24) is 14.9 Å². The number of nitrogens with zero attached hydrogens (tertiary/aromatic N) is 4. The normalized spacial score (nSPS) is 14.7. The van der Waals surface area contributed by atoms with Crippen LogP contribution < -0.4 is 10.6 Å². The van der Waals surface area contributed by atoms with Crippen LogP contribution in [0.5, 0.6) is 0 Å². The molecule has 39 heavy (non-hydrogen) atoms. The van der Waals surface area contributed by atoms with Gasteiger partial charge in [0.1, 0.15) is 0 Å². The average Bonchev–Trinajstić information content (AvgIpc) is 2.97. The molecule has 5 nitrogen and oxygen atoms in total. The first kappa shape index (κ1) is 31.4. The number of benzene rings is 2. The molecule has 0 spiro atoms. The lowest BCUT2D eigenvalue weighted by Crippen LogP contribution is -2.30. The predicted octanol–water partition coefficient (Wildman–Crippen LogP) is 8.12. The summed E-state index contributed by atoms with van der Waals surface area (Å²) in [6, 6.07) is 18.8. The molecule has 0 amide bonds. The summed E-state index contributed by atoms with van der Waals surface area (Å²) < 4.78 is 0. The molecule has 0 saturated heterocycles. The van der Waals surface area contributed by atoms with Crippen molar-refractivity contribution in [3.8, 4) is 0 Å².